The van der Waals surface area contributed by atoms with E-state index in [9.17, 15) is 0 Å². The molecule has 0 saturated heterocycles. The van der Waals surface area contributed by atoms with Crippen LogP contribution in [0.25, 0.3) is 89.2 Å². The van der Waals surface area contributed by atoms with Gasteiger partial charge in [-0.25, -0.2) is 9.97 Å². The fraction of sp³-hybridized carbons (Fsp3) is 0.0566. The molecule has 0 saturated carbocycles. The Labute approximate surface area is 322 Å². The standard InChI is InChI=1S/C53H38N2/c1-53(2)47-27-15-26-45(51(47)46-32-39-22-12-13-23-40(39)33-48(46)53)43-29-42(36-18-8-4-9-19-36)30-44(31-43)50-34-49(54-52(55-50)37-20-10-5-11-21-37)41-25-14-24-38(28-41)35-16-6-3-7-17-35/h3-34H,1-2H3. The Hall–Kier alpha value is -6.90. The lowest BCUT2D eigenvalue weighted by atomic mass is 9.81. The second-order valence-electron chi connectivity index (χ2n) is 15.0. The van der Waals surface area contributed by atoms with Gasteiger partial charge in [0.1, 0.15) is 0 Å². The van der Waals surface area contributed by atoms with Crippen molar-refractivity contribution >= 4 is 10.8 Å². The van der Waals surface area contributed by atoms with Crippen LogP contribution in [0.4, 0.5) is 0 Å². The van der Waals surface area contributed by atoms with Gasteiger partial charge in [0.15, 0.2) is 5.82 Å². The summed E-state index contributed by atoms with van der Waals surface area (Å²) in [5.41, 5.74) is 17.1. The maximum atomic E-state index is 5.30. The van der Waals surface area contributed by atoms with E-state index in [0.717, 1.165) is 50.3 Å². The minimum absolute atomic E-state index is 0.134. The maximum absolute atomic E-state index is 5.30. The molecule has 0 amide bonds. The lowest BCUT2D eigenvalue weighted by Crippen LogP contribution is -2.14. The zero-order valence-electron chi connectivity index (χ0n) is 30.9. The zero-order chi connectivity index (χ0) is 36.9. The first-order valence-corrected chi connectivity index (χ1v) is 19.0. The highest BCUT2D eigenvalue weighted by molar-refractivity contribution is 5.99. The predicted octanol–water partition coefficient (Wildman–Crippen LogP) is 13.9. The van der Waals surface area contributed by atoms with Gasteiger partial charge in [0.2, 0.25) is 0 Å². The number of benzene rings is 8. The normalized spacial score (nSPS) is 12.7. The molecule has 8 aromatic carbocycles. The second kappa shape index (κ2) is 13.2. The Morgan fingerprint density at radius 3 is 1.55 bits per heavy atom. The Morgan fingerprint density at radius 2 is 0.836 bits per heavy atom. The molecule has 0 spiro atoms. The van der Waals surface area contributed by atoms with Crippen molar-refractivity contribution in [3.63, 3.8) is 0 Å². The van der Waals surface area contributed by atoms with Crippen LogP contribution in [0.1, 0.15) is 25.0 Å². The van der Waals surface area contributed by atoms with Crippen molar-refractivity contribution in [2.24, 2.45) is 0 Å². The van der Waals surface area contributed by atoms with Gasteiger partial charge in [-0.3, -0.25) is 0 Å². The third-order valence-corrected chi connectivity index (χ3v) is 11.2. The molecule has 0 fully saturated rings. The van der Waals surface area contributed by atoms with Crippen LogP contribution in [-0.2, 0) is 5.41 Å². The summed E-state index contributed by atoms with van der Waals surface area (Å²) in [6.45, 7) is 4.73. The summed E-state index contributed by atoms with van der Waals surface area (Å²) in [6, 6.07) is 69.7. The molecule has 0 atom stereocenters. The van der Waals surface area contributed by atoms with E-state index in [1.54, 1.807) is 0 Å². The van der Waals surface area contributed by atoms with E-state index in [0.29, 0.717) is 5.82 Å². The van der Waals surface area contributed by atoms with Crippen LogP contribution in [0.3, 0.4) is 0 Å². The maximum Gasteiger partial charge on any atom is 0.160 e. The van der Waals surface area contributed by atoms with Gasteiger partial charge in [0, 0.05) is 22.1 Å². The summed E-state index contributed by atoms with van der Waals surface area (Å²) >= 11 is 0. The monoisotopic (exact) mass is 702 g/mol. The van der Waals surface area contributed by atoms with Gasteiger partial charge in [-0.2, -0.15) is 0 Å². The third kappa shape index (κ3) is 5.84. The molecule has 1 aliphatic rings. The van der Waals surface area contributed by atoms with Crippen LogP contribution in [0.5, 0.6) is 0 Å². The fourth-order valence-electron chi connectivity index (χ4n) is 8.39. The Balaban J connectivity index is 1.20. The molecule has 1 aliphatic carbocycles. The second-order valence-corrected chi connectivity index (χ2v) is 15.0. The fourth-order valence-corrected chi connectivity index (χ4v) is 8.39. The van der Waals surface area contributed by atoms with Crippen molar-refractivity contribution < 1.29 is 0 Å². The molecule has 10 rings (SSSR count). The van der Waals surface area contributed by atoms with Gasteiger partial charge in [-0.1, -0.05) is 166 Å². The average Bonchev–Trinajstić information content (AvgIpc) is 3.48. The largest absolute Gasteiger partial charge is 0.228 e. The topological polar surface area (TPSA) is 25.8 Å². The number of aromatic nitrogens is 2. The van der Waals surface area contributed by atoms with E-state index >= 15 is 0 Å². The van der Waals surface area contributed by atoms with E-state index in [-0.39, 0.29) is 5.41 Å². The molecule has 0 bridgehead atoms. The van der Waals surface area contributed by atoms with Crippen LogP contribution >= 0.6 is 0 Å². The van der Waals surface area contributed by atoms with E-state index in [1.807, 2.05) is 18.2 Å². The van der Waals surface area contributed by atoms with E-state index in [1.165, 1.54) is 44.2 Å². The van der Waals surface area contributed by atoms with Crippen molar-refractivity contribution in [2.45, 2.75) is 19.3 Å². The smallest absolute Gasteiger partial charge is 0.160 e. The molecular formula is C53H38N2. The highest BCUT2D eigenvalue weighted by Gasteiger charge is 2.37. The number of fused-ring (bicyclic) bond motifs is 4. The van der Waals surface area contributed by atoms with Crippen molar-refractivity contribution in [1.82, 2.24) is 9.97 Å². The molecule has 0 aliphatic heterocycles. The molecule has 9 aromatic rings. The van der Waals surface area contributed by atoms with Crippen molar-refractivity contribution in [3.05, 3.63) is 205 Å². The summed E-state index contributed by atoms with van der Waals surface area (Å²) in [4.78, 5) is 10.5. The summed E-state index contributed by atoms with van der Waals surface area (Å²) in [6.07, 6.45) is 0. The highest BCUT2D eigenvalue weighted by Crippen LogP contribution is 2.53. The third-order valence-electron chi connectivity index (χ3n) is 11.2. The van der Waals surface area contributed by atoms with Gasteiger partial charge < -0.3 is 0 Å². The first-order valence-electron chi connectivity index (χ1n) is 19.0. The first kappa shape index (κ1) is 32.7. The number of hydrogen-bond donors (Lipinski definition) is 0. The minimum Gasteiger partial charge on any atom is -0.228 e. The SMILES string of the molecule is CC1(C)c2cc3ccccc3cc2-c2c(-c3cc(-c4ccccc4)cc(-c4cc(-c5cccc(-c6ccccc6)c5)nc(-c5ccccc5)n4)c3)cccc21. The molecule has 1 heterocycles. The molecule has 0 N–H and O–H groups in total. The Kier molecular flexibility index (Phi) is 7.85. The van der Waals surface area contributed by atoms with Crippen LogP contribution in [-0.4, -0.2) is 9.97 Å². The van der Waals surface area contributed by atoms with Gasteiger partial charge in [0.25, 0.3) is 0 Å². The van der Waals surface area contributed by atoms with Gasteiger partial charge in [-0.15, -0.1) is 0 Å². The zero-order valence-corrected chi connectivity index (χ0v) is 30.9. The molecular weight excluding hydrogens is 665 g/mol. The Bertz CT molecular complexity index is 2870. The average molecular weight is 703 g/mol. The number of nitrogens with zero attached hydrogens (tertiary/aromatic N) is 2. The highest BCUT2D eigenvalue weighted by atomic mass is 14.9. The van der Waals surface area contributed by atoms with E-state index in [4.69, 9.17) is 9.97 Å². The van der Waals surface area contributed by atoms with Crippen molar-refractivity contribution in [2.75, 3.05) is 0 Å². The van der Waals surface area contributed by atoms with Crippen LogP contribution in [0, 0.1) is 0 Å². The van der Waals surface area contributed by atoms with Gasteiger partial charge in [0.05, 0.1) is 11.4 Å². The lowest BCUT2D eigenvalue weighted by molar-refractivity contribution is 0.661. The predicted molar refractivity (Wildman–Crippen MR) is 230 cm³/mol. The first-order chi connectivity index (χ1) is 27.0. The van der Waals surface area contributed by atoms with Crippen molar-refractivity contribution in [1.29, 1.82) is 0 Å². The van der Waals surface area contributed by atoms with Gasteiger partial charge in [-0.05, 0) is 109 Å². The summed E-state index contributed by atoms with van der Waals surface area (Å²) in [7, 11) is 0. The molecule has 2 nitrogen and oxygen atoms in total. The van der Waals surface area contributed by atoms with Crippen LogP contribution in [0.15, 0.2) is 194 Å². The number of rotatable bonds is 6. The van der Waals surface area contributed by atoms with Crippen LogP contribution < -0.4 is 0 Å². The quantitative estimate of drug-likeness (QED) is 0.172. The summed E-state index contributed by atoms with van der Waals surface area (Å²) < 4.78 is 0. The summed E-state index contributed by atoms with van der Waals surface area (Å²) in [5, 5.41) is 2.54. The molecule has 0 unspecified atom stereocenters. The van der Waals surface area contributed by atoms with Crippen LogP contribution in [0.2, 0.25) is 0 Å². The molecule has 0 radical (unpaired) electrons. The van der Waals surface area contributed by atoms with Gasteiger partial charge >= 0.3 is 0 Å². The molecule has 2 heteroatoms. The molecule has 1 aromatic heterocycles. The van der Waals surface area contributed by atoms with E-state index < -0.39 is 0 Å². The number of hydrogen-bond acceptors (Lipinski definition) is 2. The molecule has 55 heavy (non-hydrogen) atoms. The van der Waals surface area contributed by atoms with Crippen molar-refractivity contribution in [3.8, 4) is 78.4 Å². The summed E-state index contributed by atoms with van der Waals surface area (Å²) in [5.74, 6) is 0.702. The Morgan fingerprint density at radius 1 is 0.327 bits per heavy atom. The molecule has 260 valence electrons. The lowest BCUT2D eigenvalue weighted by Gasteiger charge is -2.22. The van der Waals surface area contributed by atoms with E-state index in [2.05, 4.69) is 190 Å². The minimum atomic E-state index is -0.134.